The molecule has 0 aliphatic carbocycles. The minimum atomic E-state index is 0.535. The SMILES string of the molecule is N#Cc1c(Br)cccc1N1CCCCC1C1CCCN1. The van der Waals surface area contributed by atoms with E-state index >= 15 is 0 Å². The zero-order chi connectivity index (χ0) is 13.9. The summed E-state index contributed by atoms with van der Waals surface area (Å²) in [5.74, 6) is 0. The zero-order valence-electron chi connectivity index (χ0n) is 11.6. The maximum atomic E-state index is 9.46. The van der Waals surface area contributed by atoms with Crippen LogP contribution in [-0.4, -0.2) is 25.2 Å². The van der Waals surface area contributed by atoms with Gasteiger partial charge in [-0.15, -0.1) is 0 Å². The second kappa shape index (κ2) is 6.15. The highest BCUT2D eigenvalue weighted by molar-refractivity contribution is 9.10. The maximum Gasteiger partial charge on any atom is 0.103 e. The molecule has 0 bridgehead atoms. The van der Waals surface area contributed by atoms with Crippen molar-refractivity contribution >= 4 is 21.6 Å². The molecule has 20 heavy (non-hydrogen) atoms. The van der Waals surface area contributed by atoms with E-state index in [1.807, 2.05) is 12.1 Å². The predicted molar refractivity (Wildman–Crippen MR) is 84.9 cm³/mol. The first-order valence-corrected chi connectivity index (χ1v) is 8.29. The molecule has 2 unspecified atom stereocenters. The van der Waals surface area contributed by atoms with E-state index in [-0.39, 0.29) is 0 Å². The molecule has 0 spiro atoms. The number of benzene rings is 1. The van der Waals surface area contributed by atoms with Crippen molar-refractivity contribution in [2.75, 3.05) is 18.0 Å². The van der Waals surface area contributed by atoms with E-state index in [0.717, 1.165) is 28.8 Å². The average molecular weight is 334 g/mol. The van der Waals surface area contributed by atoms with Gasteiger partial charge in [-0.25, -0.2) is 0 Å². The molecule has 4 heteroatoms. The van der Waals surface area contributed by atoms with Crippen LogP contribution in [0.2, 0.25) is 0 Å². The van der Waals surface area contributed by atoms with Crippen LogP contribution in [0.3, 0.4) is 0 Å². The normalized spacial score (nSPS) is 26.5. The van der Waals surface area contributed by atoms with Crippen molar-refractivity contribution in [3.8, 4) is 6.07 Å². The summed E-state index contributed by atoms with van der Waals surface area (Å²) in [6.45, 7) is 2.20. The van der Waals surface area contributed by atoms with Crippen LogP contribution in [0.15, 0.2) is 22.7 Å². The predicted octanol–water partition coefficient (Wildman–Crippen LogP) is 3.43. The van der Waals surface area contributed by atoms with Gasteiger partial charge in [0.05, 0.1) is 11.3 Å². The Balaban J connectivity index is 1.94. The van der Waals surface area contributed by atoms with Gasteiger partial charge in [0.1, 0.15) is 6.07 Å². The Morgan fingerprint density at radius 1 is 1.25 bits per heavy atom. The van der Waals surface area contributed by atoms with Crippen LogP contribution < -0.4 is 10.2 Å². The summed E-state index contributed by atoms with van der Waals surface area (Å²) in [6, 6.07) is 9.57. The van der Waals surface area contributed by atoms with Crippen LogP contribution in [0.5, 0.6) is 0 Å². The van der Waals surface area contributed by atoms with E-state index < -0.39 is 0 Å². The molecule has 0 saturated carbocycles. The second-order valence-electron chi connectivity index (χ2n) is 5.71. The third-order valence-electron chi connectivity index (χ3n) is 4.52. The van der Waals surface area contributed by atoms with Crippen molar-refractivity contribution in [3.05, 3.63) is 28.2 Å². The first kappa shape index (κ1) is 13.9. The molecule has 2 aliphatic rings. The van der Waals surface area contributed by atoms with Crippen molar-refractivity contribution < 1.29 is 0 Å². The lowest BCUT2D eigenvalue weighted by molar-refractivity contribution is 0.378. The van der Waals surface area contributed by atoms with Gasteiger partial charge in [0.25, 0.3) is 0 Å². The van der Waals surface area contributed by atoms with Gasteiger partial charge in [0.2, 0.25) is 0 Å². The van der Waals surface area contributed by atoms with Gasteiger partial charge < -0.3 is 10.2 Å². The van der Waals surface area contributed by atoms with Crippen molar-refractivity contribution in [3.63, 3.8) is 0 Å². The molecule has 3 rings (SSSR count). The molecular formula is C16H20BrN3. The summed E-state index contributed by atoms with van der Waals surface area (Å²) in [6.07, 6.45) is 6.29. The van der Waals surface area contributed by atoms with Crippen molar-refractivity contribution in [1.82, 2.24) is 5.32 Å². The van der Waals surface area contributed by atoms with E-state index in [1.165, 1.54) is 32.1 Å². The van der Waals surface area contributed by atoms with Gasteiger partial charge in [-0.05, 0) is 66.7 Å². The zero-order valence-corrected chi connectivity index (χ0v) is 13.2. The third kappa shape index (κ3) is 2.57. The van der Waals surface area contributed by atoms with Crippen molar-refractivity contribution in [2.45, 2.75) is 44.2 Å². The van der Waals surface area contributed by atoms with Crippen LogP contribution >= 0.6 is 15.9 Å². The minimum absolute atomic E-state index is 0.535. The first-order chi connectivity index (χ1) is 9.81. The van der Waals surface area contributed by atoms with Crippen LogP contribution in [0, 0.1) is 11.3 Å². The van der Waals surface area contributed by atoms with Crippen LogP contribution in [0.1, 0.15) is 37.7 Å². The molecular weight excluding hydrogens is 314 g/mol. The van der Waals surface area contributed by atoms with Gasteiger partial charge in [-0.2, -0.15) is 5.26 Å². The van der Waals surface area contributed by atoms with E-state index in [9.17, 15) is 5.26 Å². The Morgan fingerprint density at radius 2 is 2.15 bits per heavy atom. The van der Waals surface area contributed by atoms with Gasteiger partial charge in [0, 0.05) is 23.1 Å². The van der Waals surface area contributed by atoms with Gasteiger partial charge >= 0.3 is 0 Å². The van der Waals surface area contributed by atoms with Crippen molar-refractivity contribution in [2.24, 2.45) is 0 Å². The topological polar surface area (TPSA) is 39.1 Å². The number of hydrogen-bond acceptors (Lipinski definition) is 3. The number of nitrogens with zero attached hydrogens (tertiary/aromatic N) is 2. The highest BCUT2D eigenvalue weighted by Gasteiger charge is 2.32. The van der Waals surface area contributed by atoms with Gasteiger partial charge in [-0.1, -0.05) is 6.07 Å². The lowest BCUT2D eigenvalue weighted by Gasteiger charge is -2.41. The smallest absolute Gasteiger partial charge is 0.103 e. The molecule has 3 nitrogen and oxygen atoms in total. The fraction of sp³-hybridized carbons (Fsp3) is 0.562. The van der Waals surface area contributed by atoms with Crippen LogP contribution in [0.25, 0.3) is 0 Å². The summed E-state index contributed by atoms with van der Waals surface area (Å²) in [4.78, 5) is 2.47. The van der Waals surface area contributed by atoms with E-state index in [0.29, 0.717) is 12.1 Å². The Labute approximate surface area is 129 Å². The number of halogens is 1. The Kier molecular flexibility index (Phi) is 4.28. The number of nitriles is 1. The number of hydrogen-bond donors (Lipinski definition) is 1. The molecule has 2 aliphatic heterocycles. The molecule has 1 aromatic carbocycles. The van der Waals surface area contributed by atoms with Crippen LogP contribution in [-0.2, 0) is 0 Å². The second-order valence-corrected chi connectivity index (χ2v) is 6.56. The van der Waals surface area contributed by atoms with Crippen molar-refractivity contribution in [1.29, 1.82) is 5.26 Å². The summed E-state index contributed by atoms with van der Waals surface area (Å²) in [7, 11) is 0. The monoisotopic (exact) mass is 333 g/mol. The number of piperidine rings is 1. The Hall–Kier alpha value is -1.05. The summed E-state index contributed by atoms with van der Waals surface area (Å²) >= 11 is 3.51. The first-order valence-electron chi connectivity index (χ1n) is 7.50. The Morgan fingerprint density at radius 3 is 2.90 bits per heavy atom. The summed E-state index contributed by atoms with van der Waals surface area (Å²) in [5, 5.41) is 13.1. The standard InChI is InChI=1S/C16H20BrN3/c17-13-5-3-8-15(12(13)11-18)20-10-2-1-7-16(20)14-6-4-9-19-14/h3,5,8,14,16,19H,1-2,4,6-7,9-10H2. The quantitative estimate of drug-likeness (QED) is 0.901. The van der Waals surface area contributed by atoms with E-state index in [4.69, 9.17) is 0 Å². The molecule has 2 fully saturated rings. The fourth-order valence-corrected chi connectivity index (χ4v) is 4.02. The highest BCUT2D eigenvalue weighted by atomic mass is 79.9. The summed E-state index contributed by atoms with van der Waals surface area (Å²) in [5.41, 5.74) is 1.87. The maximum absolute atomic E-state index is 9.46. The molecule has 2 atom stereocenters. The fourth-order valence-electron chi connectivity index (χ4n) is 3.58. The molecule has 2 heterocycles. The molecule has 1 N–H and O–H groups in total. The summed E-state index contributed by atoms with van der Waals surface area (Å²) < 4.78 is 0.904. The molecule has 2 saturated heterocycles. The molecule has 0 radical (unpaired) electrons. The molecule has 0 amide bonds. The average Bonchev–Trinajstić information content (AvgIpc) is 3.01. The Bertz CT molecular complexity index is 517. The van der Waals surface area contributed by atoms with E-state index in [2.05, 4.69) is 38.3 Å². The largest absolute Gasteiger partial charge is 0.366 e. The molecule has 1 aromatic rings. The highest BCUT2D eigenvalue weighted by Crippen LogP contribution is 2.34. The molecule has 0 aromatic heterocycles. The van der Waals surface area contributed by atoms with Gasteiger partial charge in [0.15, 0.2) is 0 Å². The third-order valence-corrected chi connectivity index (χ3v) is 5.19. The number of nitrogens with one attached hydrogen (secondary N) is 1. The minimum Gasteiger partial charge on any atom is -0.366 e. The van der Waals surface area contributed by atoms with Crippen LogP contribution in [0.4, 0.5) is 5.69 Å². The van der Waals surface area contributed by atoms with Gasteiger partial charge in [-0.3, -0.25) is 0 Å². The lowest BCUT2D eigenvalue weighted by atomic mass is 9.93. The van der Waals surface area contributed by atoms with E-state index in [1.54, 1.807) is 0 Å². The number of anilines is 1. The molecule has 106 valence electrons. The lowest BCUT2D eigenvalue weighted by Crippen LogP contribution is -2.50. The number of rotatable bonds is 2.